The van der Waals surface area contributed by atoms with Crippen LogP contribution in [0.3, 0.4) is 0 Å². The van der Waals surface area contributed by atoms with Crippen LogP contribution in [0.4, 0.5) is 0 Å². The van der Waals surface area contributed by atoms with Gasteiger partial charge in [0.25, 0.3) is 0 Å². The summed E-state index contributed by atoms with van der Waals surface area (Å²) < 4.78 is 67.5. The Morgan fingerprint density at radius 3 is 1.18 bits per heavy atom. The molecule has 89 heavy (non-hydrogen) atoms. The van der Waals surface area contributed by atoms with E-state index in [1.54, 1.807) is 6.92 Å². The monoisotopic (exact) mass is 1290 g/mol. The van der Waals surface area contributed by atoms with E-state index in [0.717, 1.165) is 70.6 Å². The first kappa shape index (κ1) is 83.5. The SMILES string of the molecule is CCCCCCCCCCCCCCCC(=O)O[C@@H]1[C@H](O[C@H]2O[C@H](CO)[C@@H](O)[C@H](O)[C@H]2OS(=O)(=O)O)O[C@@H](CO)[C@H](O)[C@H]1OC(=O)[C@H](C)C[C@@H](C)C[C@@H](C)C[C@@H](C)C[C@@H](C)C[C@@H](C)C[C@@H](C)C[C@@H](C)C[C@@H](C)[C@@H](O)CCCCCCCCCCCCCCC. The van der Waals surface area contributed by atoms with Crippen molar-refractivity contribution in [2.24, 2.45) is 53.3 Å². The summed E-state index contributed by atoms with van der Waals surface area (Å²) in [6.45, 7) is 22.9. The molecule has 7 N–H and O–H groups in total. The number of aliphatic hydroxyl groups excluding tert-OH is 6. The van der Waals surface area contributed by atoms with Crippen LogP contribution in [-0.4, -0.2) is 136 Å². The first-order chi connectivity index (χ1) is 42.3. The van der Waals surface area contributed by atoms with Crippen LogP contribution in [0.25, 0.3) is 0 Å². The second kappa shape index (κ2) is 48.2. The number of hydrogen-bond acceptors (Lipinski definition) is 16. The first-order valence-electron chi connectivity index (χ1n) is 36.3. The Morgan fingerprint density at radius 1 is 0.438 bits per heavy atom. The molecule has 20 atom stereocenters. The standard InChI is InChI=1S/C71H136O17S/c1-12-14-16-18-20-22-24-26-28-30-32-34-36-38-59(74)57(10)46-55(8)44-53(6)42-51(4)40-50(3)41-52(5)43-54(7)45-56(9)47-58(11)69(79)86-66-64(77)61(49-73)84-71(87-70-67(88-89(80,81)82)65(78)63(76)60(48-72)83-70)68(66)85-62(75)39-37-35-33-31-29-27-25-23-21-19-17-15-13-2/h50-61,63-68,70-74,76-78H,12-49H2,1-11H3,(H,80,81,82)/t50-,51+,52-,53+,54-,55+,56-,57+,58+,59-,60+,61-,63+,64-,65-,66+,67+,68-,70+,71-/m0/s1. The second-order valence-electron chi connectivity index (χ2n) is 29.0. The zero-order chi connectivity index (χ0) is 66.3. The number of carbonyl (C=O) groups excluding carboxylic acids is 2. The molecule has 0 aromatic heterocycles. The van der Waals surface area contributed by atoms with Crippen LogP contribution < -0.4 is 0 Å². The van der Waals surface area contributed by atoms with E-state index in [2.05, 4.69) is 73.4 Å². The van der Waals surface area contributed by atoms with Crippen LogP contribution in [0.1, 0.15) is 307 Å². The Kier molecular flexibility index (Phi) is 45.2. The summed E-state index contributed by atoms with van der Waals surface area (Å²) in [5.74, 6) is 1.59. The lowest BCUT2D eigenvalue weighted by molar-refractivity contribution is -0.374. The molecule has 0 amide bonds. The van der Waals surface area contributed by atoms with Crippen molar-refractivity contribution in [1.82, 2.24) is 0 Å². The van der Waals surface area contributed by atoms with E-state index in [1.807, 2.05) is 0 Å². The van der Waals surface area contributed by atoms with Gasteiger partial charge in [-0.1, -0.05) is 237 Å². The number of aliphatic hydroxyl groups is 6. The third-order valence-corrected chi connectivity index (χ3v) is 19.6. The lowest BCUT2D eigenvalue weighted by Crippen LogP contribution is -2.65. The van der Waals surface area contributed by atoms with E-state index in [4.69, 9.17) is 23.7 Å². The van der Waals surface area contributed by atoms with Crippen molar-refractivity contribution in [2.75, 3.05) is 13.2 Å². The minimum atomic E-state index is -5.32. The fourth-order valence-electron chi connectivity index (χ4n) is 14.6. The van der Waals surface area contributed by atoms with Crippen LogP contribution >= 0.6 is 0 Å². The zero-order valence-electron chi connectivity index (χ0n) is 58.0. The van der Waals surface area contributed by atoms with Crippen molar-refractivity contribution < 1.29 is 81.1 Å². The first-order valence-corrected chi connectivity index (χ1v) is 37.7. The van der Waals surface area contributed by atoms with Gasteiger partial charge in [0.15, 0.2) is 24.6 Å². The molecule has 2 aliphatic heterocycles. The highest BCUT2D eigenvalue weighted by molar-refractivity contribution is 7.80. The molecule has 0 spiro atoms. The number of unbranched alkanes of at least 4 members (excludes halogenated alkanes) is 24. The lowest BCUT2D eigenvalue weighted by atomic mass is 9.79. The summed E-state index contributed by atoms with van der Waals surface area (Å²) in [4.78, 5) is 27.7. The van der Waals surface area contributed by atoms with Gasteiger partial charge in [0.1, 0.15) is 30.5 Å². The van der Waals surface area contributed by atoms with Crippen LogP contribution in [-0.2, 0) is 47.9 Å². The fourth-order valence-corrected chi connectivity index (χ4v) is 15.1. The summed E-state index contributed by atoms with van der Waals surface area (Å²) in [7, 11) is -5.32. The molecule has 0 saturated carbocycles. The zero-order valence-corrected chi connectivity index (χ0v) is 58.9. The largest absolute Gasteiger partial charge is 0.455 e. The minimum Gasteiger partial charge on any atom is -0.455 e. The fraction of sp³-hybridized carbons (Fsp3) is 0.972. The number of rotatable bonds is 54. The average Bonchev–Trinajstić information content (AvgIpc) is 1.10. The molecule has 18 heteroatoms. The smallest absolute Gasteiger partial charge is 0.397 e. The third-order valence-electron chi connectivity index (χ3n) is 19.1. The van der Waals surface area contributed by atoms with E-state index in [0.29, 0.717) is 54.3 Å². The Labute approximate surface area is 542 Å². The van der Waals surface area contributed by atoms with Crippen molar-refractivity contribution >= 4 is 22.3 Å². The van der Waals surface area contributed by atoms with E-state index in [9.17, 15) is 53.2 Å². The predicted molar refractivity (Wildman–Crippen MR) is 353 cm³/mol. The normalized spacial score (nSPS) is 26.0. The van der Waals surface area contributed by atoms with Crippen molar-refractivity contribution in [3.8, 4) is 0 Å². The molecule has 0 aromatic rings. The maximum atomic E-state index is 14.1. The Balaban J connectivity index is 1.94. The van der Waals surface area contributed by atoms with Crippen LogP contribution in [0.2, 0.25) is 0 Å². The van der Waals surface area contributed by atoms with Gasteiger partial charge < -0.3 is 54.3 Å². The topological polar surface area (TPSA) is 265 Å². The summed E-state index contributed by atoms with van der Waals surface area (Å²) in [6, 6.07) is 0. The highest BCUT2D eigenvalue weighted by atomic mass is 32.3. The summed E-state index contributed by atoms with van der Waals surface area (Å²) >= 11 is 0. The average molecular weight is 1290 g/mol. The maximum absolute atomic E-state index is 14.1. The van der Waals surface area contributed by atoms with Crippen LogP contribution in [0.15, 0.2) is 0 Å². The molecule has 2 saturated heterocycles. The molecule has 528 valence electrons. The van der Waals surface area contributed by atoms with Gasteiger partial charge in [0.05, 0.1) is 25.2 Å². The molecule has 0 radical (unpaired) electrons. The van der Waals surface area contributed by atoms with Crippen molar-refractivity contribution in [2.45, 2.75) is 375 Å². The van der Waals surface area contributed by atoms with Crippen LogP contribution in [0.5, 0.6) is 0 Å². The van der Waals surface area contributed by atoms with Gasteiger partial charge in [-0.3, -0.25) is 14.1 Å². The highest BCUT2D eigenvalue weighted by Gasteiger charge is 2.55. The second-order valence-corrected chi connectivity index (χ2v) is 30.0. The van der Waals surface area contributed by atoms with Crippen molar-refractivity contribution in [3.63, 3.8) is 0 Å². The highest BCUT2D eigenvalue weighted by Crippen LogP contribution is 2.36. The molecule has 0 unspecified atom stereocenters. The molecule has 2 heterocycles. The molecular formula is C71H136O17S. The Bertz CT molecular complexity index is 1880. The summed E-state index contributed by atoms with van der Waals surface area (Å²) in [5, 5.41) is 64.4. The van der Waals surface area contributed by atoms with E-state index in [1.165, 1.54) is 141 Å². The number of carbonyl (C=O) groups is 2. The van der Waals surface area contributed by atoms with Crippen molar-refractivity contribution in [3.05, 3.63) is 0 Å². The molecule has 2 aliphatic rings. The van der Waals surface area contributed by atoms with Gasteiger partial charge in [0, 0.05) is 6.42 Å². The number of ether oxygens (including phenoxy) is 5. The molecule has 17 nitrogen and oxygen atoms in total. The van der Waals surface area contributed by atoms with Crippen LogP contribution in [0, 0.1) is 53.3 Å². The molecule has 2 fully saturated rings. The lowest BCUT2D eigenvalue weighted by Gasteiger charge is -2.46. The maximum Gasteiger partial charge on any atom is 0.397 e. The predicted octanol–water partition coefficient (Wildman–Crippen LogP) is 14.7. The van der Waals surface area contributed by atoms with Crippen molar-refractivity contribution in [1.29, 1.82) is 0 Å². The van der Waals surface area contributed by atoms with E-state index < -0.39 is 103 Å². The molecular weight excluding hydrogens is 1160 g/mol. The van der Waals surface area contributed by atoms with E-state index >= 15 is 0 Å². The van der Waals surface area contributed by atoms with Gasteiger partial charge in [0.2, 0.25) is 6.29 Å². The number of esters is 2. The molecule has 0 bridgehead atoms. The van der Waals surface area contributed by atoms with Gasteiger partial charge in [-0.25, -0.2) is 4.18 Å². The summed E-state index contributed by atoms with van der Waals surface area (Å²) in [5.41, 5.74) is 0. The Morgan fingerprint density at radius 2 is 0.787 bits per heavy atom. The van der Waals surface area contributed by atoms with Gasteiger partial charge in [-0.05, 0) is 112 Å². The molecule has 0 aliphatic carbocycles. The quantitative estimate of drug-likeness (QED) is 0.0169. The Hall–Kier alpha value is -1.55. The number of hydrogen-bond donors (Lipinski definition) is 7. The van der Waals surface area contributed by atoms with Gasteiger partial charge >= 0.3 is 22.3 Å². The third kappa shape index (κ3) is 36.8. The van der Waals surface area contributed by atoms with E-state index in [-0.39, 0.29) is 18.4 Å². The molecule has 2 rings (SSSR count). The molecule has 0 aromatic carbocycles. The van der Waals surface area contributed by atoms with Gasteiger partial charge in [-0.15, -0.1) is 0 Å². The van der Waals surface area contributed by atoms with Gasteiger partial charge in [-0.2, -0.15) is 8.42 Å². The summed E-state index contributed by atoms with van der Waals surface area (Å²) in [6.07, 6.45) is 22.1. The minimum absolute atomic E-state index is 0.0543.